The molecule has 3 aliphatic rings. The molecule has 2 aromatic rings. The standard InChI is InChI=1S/C24H33N5O2/c1-16-4-9-21-20(11-16)24(27-15-26-21)25-12-23(30)28-18-13-29(14-18)19-7-5-17(6-8-19)22-3-2-10-31-22/h4,9,11,15,17-19,22H,2-3,5-8,10,12-14H2,1H3,(H,28,30)(H,25,26,27)/t17-,19+,22?. The Bertz CT molecular complexity index is 915. The van der Waals surface area contributed by atoms with E-state index in [1.807, 2.05) is 25.1 Å². The summed E-state index contributed by atoms with van der Waals surface area (Å²) in [5, 5.41) is 7.30. The molecule has 1 unspecified atom stereocenters. The van der Waals surface area contributed by atoms with Gasteiger partial charge in [-0.25, -0.2) is 9.97 Å². The van der Waals surface area contributed by atoms with Crippen LogP contribution in [0, 0.1) is 12.8 Å². The van der Waals surface area contributed by atoms with Gasteiger partial charge in [-0.3, -0.25) is 9.69 Å². The third-order valence-electron chi connectivity index (χ3n) is 7.23. The van der Waals surface area contributed by atoms with Crippen LogP contribution in [0.5, 0.6) is 0 Å². The summed E-state index contributed by atoms with van der Waals surface area (Å²) >= 11 is 0. The fourth-order valence-corrected chi connectivity index (χ4v) is 5.47. The van der Waals surface area contributed by atoms with E-state index >= 15 is 0 Å². The van der Waals surface area contributed by atoms with Gasteiger partial charge >= 0.3 is 0 Å². The average Bonchev–Trinajstić information content (AvgIpc) is 3.29. The van der Waals surface area contributed by atoms with Crippen LogP contribution < -0.4 is 10.6 Å². The molecule has 7 nitrogen and oxygen atoms in total. The Morgan fingerprint density at radius 2 is 2.00 bits per heavy atom. The zero-order valence-corrected chi connectivity index (χ0v) is 18.3. The van der Waals surface area contributed by atoms with Crippen LogP contribution in [0.15, 0.2) is 24.5 Å². The lowest BCUT2D eigenvalue weighted by molar-refractivity contribution is -0.121. The van der Waals surface area contributed by atoms with Crippen LogP contribution in [0.25, 0.3) is 10.9 Å². The average molecular weight is 424 g/mol. The molecule has 2 saturated heterocycles. The van der Waals surface area contributed by atoms with Crippen LogP contribution in [0.2, 0.25) is 0 Å². The molecule has 1 aromatic heterocycles. The third-order valence-corrected chi connectivity index (χ3v) is 7.23. The number of carbonyl (C=O) groups is 1. The van der Waals surface area contributed by atoms with E-state index < -0.39 is 0 Å². The number of ether oxygens (including phenoxy) is 1. The minimum absolute atomic E-state index is 0.0196. The van der Waals surface area contributed by atoms with Gasteiger partial charge in [0.05, 0.1) is 24.2 Å². The Morgan fingerprint density at radius 1 is 1.16 bits per heavy atom. The molecule has 1 amide bonds. The predicted octanol–water partition coefficient (Wildman–Crippen LogP) is 2.89. The maximum Gasteiger partial charge on any atom is 0.239 e. The van der Waals surface area contributed by atoms with Crippen LogP contribution in [-0.2, 0) is 9.53 Å². The van der Waals surface area contributed by atoms with E-state index in [0.717, 1.165) is 42.1 Å². The summed E-state index contributed by atoms with van der Waals surface area (Å²) in [5.74, 6) is 1.50. The van der Waals surface area contributed by atoms with Crippen LogP contribution in [0.4, 0.5) is 5.82 Å². The van der Waals surface area contributed by atoms with Crippen LogP contribution in [-0.4, -0.2) is 65.2 Å². The fourth-order valence-electron chi connectivity index (χ4n) is 5.47. The number of aryl methyl sites for hydroxylation is 1. The van der Waals surface area contributed by atoms with Gasteiger partial charge in [0.25, 0.3) is 0 Å². The van der Waals surface area contributed by atoms with Gasteiger partial charge in [-0.15, -0.1) is 0 Å². The van der Waals surface area contributed by atoms with E-state index in [1.165, 1.54) is 44.9 Å². The highest BCUT2D eigenvalue weighted by atomic mass is 16.5. The zero-order chi connectivity index (χ0) is 21.2. The number of amides is 1. The first kappa shape index (κ1) is 20.6. The SMILES string of the molecule is Cc1ccc2ncnc(NCC(=O)NC3CN([C@H]4CC[C@@H](C5CCCO5)CC4)C3)c2c1. The normalized spacial score (nSPS) is 27.2. The number of nitrogens with one attached hydrogen (secondary N) is 2. The predicted molar refractivity (Wildman–Crippen MR) is 121 cm³/mol. The maximum absolute atomic E-state index is 12.4. The summed E-state index contributed by atoms with van der Waals surface area (Å²) in [6.07, 6.45) is 9.67. The van der Waals surface area contributed by atoms with E-state index in [9.17, 15) is 4.79 Å². The summed E-state index contributed by atoms with van der Waals surface area (Å²) in [6.45, 7) is 5.16. The van der Waals surface area contributed by atoms with Gasteiger partial charge in [0, 0.05) is 31.1 Å². The monoisotopic (exact) mass is 423 g/mol. The van der Waals surface area contributed by atoms with E-state index in [1.54, 1.807) is 0 Å². The first-order valence-corrected chi connectivity index (χ1v) is 11.8. The third kappa shape index (κ3) is 4.67. The van der Waals surface area contributed by atoms with Crippen molar-refractivity contribution in [3.8, 4) is 0 Å². The Balaban J connectivity index is 1.05. The highest BCUT2D eigenvalue weighted by Crippen LogP contribution is 2.35. The minimum Gasteiger partial charge on any atom is -0.378 e. The van der Waals surface area contributed by atoms with Gasteiger partial charge in [0.15, 0.2) is 0 Å². The van der Waals surface area contributed by atoms with Crippen molar-refractivity contribution >= 4 is 22.6 Å². The molecule has 0 bridgehead atoms. The molecule has 1 aliphatic carbocycles. The largest absolute Gasteiger partial charge is 0.378 e. The number of fused-ring (bicyclic) bond motifs is 1. The van der Waals surface area contributed by atoms with Crippen LogP contribution in [0.3, 0.4) is 0 Å². The lowest BCUT2D eigenvalue weighted by Crippen LogP contribution is -2.63. The van der Waals surface area contributed by atoms with Crippen molar-refractivity contribution in [3.05, 3.63) is 30.1 Å². The quantitative estimate of drug-likeness (QED) is 0.744. The number of nitrogens with zero attached hydrogens (tertiary/aromatic N) is 3. The van der Waals surface area contributed by atoms with Crippen molar-refractivity contribution in [2.75, 3.05) is 31.6 Å². The molecule has 0 radical (unpaired) electrons. The molecule has 2 aliphatic heterocycles. The van der Waals surface area contributed by atoms with Crippen LogP contribution >= 0.6 is 0 Å². The van der Waals surface area contributed by atoms with Crippen molar-refractivity contribution < 1.29 is 9.53 Å². The summed E-state index contributed by atoms with van der Waals surface area (Å²) in [4.78, 5) is 23.6. The number of hydrogen-bond acceptors (Lipinski definition) is 6. The highest BCUT2D eigenvalue weighted by Gasteiger charge is 2.37. The Morgan fingerprint density at radius 3 is 2.77 bits per heavy atom. The number of aromatic nitrogens is 2. The summed E-state index contributed by atoms with van der Waals surface area (Å²) < 4.78 is 5.90. The number of rotatable bonds is 6. The number of likely N-dealkylation sites (tertiary alicyclic amines) is 1. The molecule has 166 valence electrons. The molecule has 1 saturated carbocycles. The van der Waals surface area contributed by atoms with Gasteiger partial charge in [-0.2, -0.15) is 0 Å². The molecule has 31 heavy (non-hydrogen) atoms. The van der Waals surface area contributed by atoms with E-state index in [-0.39, 0.29) is 18.5 Å². The van der Waals surface area contributed by atoms with Gasteiger partial charge in [-0.05, 0) is 63.5 Å². The Kier molecular flexibility index (Phi) is 6.05. The second kappa shape index (κ2) is 9.09. The summed E-state index contributed by atoms with van der Waals surface area (Å²) in [6, 6.07) is 7.00. The smallest absolute Gasteiger partial charge is 0.239 e. The molecule has 1 aromatic carbocycles. The highest BCUT2D eigenvalue weighted by molar-refractivity contribution is 5.91. The topological polar surface area (TPSA) is 79.4 Å². The molecule has 3 fully saturated rings. The van der Waals surface area contributed by atoms with Gasteiger partial charge < -0.3 is 15.4 Å². The molecule has 2 N–H and O–H groups in total. The second-order valence-corrected chi connectivity index (χ2v) is 9.43. The van der Waals surface area contributed by atoms with Gasteiger partial charge in [-0.1, -0.05) is 11.6 Å². The van der Waals surface area contributed by atoms with Crippen LogP contribution in [0.1, 0.15) is 44.1 Å². The maximum atomic E-state index is 12.4. The molecule has 5 rings (SSSR count). The first-order valence-electron chi connectivity index (χ1n) is 11.8. The lowest BCUT2D eigenvalue weighted by atomic mass is 9.80. The Hall–Kier alpha value is -2.25. The number of hydrogen-bond donors (Lipinski definition) is 2. The molecule has 0 spiro atoms. The van der Waals surface area contributed by atoms with Gasteiger partial charge in [0.2, 0.25) is 5.91 Å². The van der Waals surface area contributed by atoms with E-state index in [2.05, 4.69) is 25.5 Å². The number of carbonyl (C=O) groups excluding carboxylic acids is 1. The molecular formula is C24H33N5O2. The van der Waals surface area contributed by atoms with Crippen molar-refractivity contribution in [3.63, 3.8) is 0 Å². The van der Waals surface area contributed by atoms with Crippen molar-refractivity contribution in [1.82, 2.24) is 20.2 Å². The lowest BCUT2D eigenvalue weighted by Gasteiger charge is -2.47. The summed E-state index contributed by atoms with van der Waals surface area (Å²) in [5.41, 5.74) is 2.03. The van der Waals surface area contributed by atoms with E-state index in [0.29, 0.717) is 18.0 Å². The second-order valence-electron chi connectivity index (χ2n) is 9.43. The van der Waals surface area contributed by atoms with E-state index in [4.69, 9.17) is 4.74 Å². The molecule has 3 heterocycles. The van der Waals surface area contributed by atoms with Crippen molar-refractivity contribution in [2.45, 2.75) is 63.6 Å². The number of anilines is 1. The van der Waals surface area contributed by atoms with Gasteiger partial charge in [0.1, 0.15) is 12.1 Å². The molecule has 7 heteroatoms. The molecule has 1 atom stereocenters. The van der Waals surface area contributed by atoms with Crippen molar-refractivity contribution in [2.24, 2.45) is 5.92 Å². The first-order chi connectivity index (χ1) is 15.2. The molecular weight excluding hydrogens is 390 g/mol. The van der Waals surface area contributed by atoms with Crippen molar-refractivity contribution in [1.29, 1.82) is 0 Å². The number of benzene rings is 1. The zero-order valence-electron chi connectivity index (χ0n) is 18.3. The minimum atomic E-state index is 0.0196. The fraction of sp³-hybridized carbons (Fsp3) is 0.625. The Labute approximate surface area is 184 Å². The summed E-state index contributed by atoms with van der Waals surface area (Å²) in [7, 11) is 0.